The zero-order chi connectivity index (χ0) is 14.2. The molecule has 0 fully saturated rings. The Morgan fingerprint density at radius 2 is 1.68 bits per heavy atom. The molecule has 2 rings (SSSR count). The van der Waals surface area contributed by atoms with Crippen LogP contribution in [0.2, 0.25) is 0 Å². The predicted molar refractivity (Wildman–Crippen MR) is 54.3 cm³/mol. The van der Waals surface area contributed by atoms with Gasteiger partial charge in [0.25, 0.3) is 11.9 Å². The molecule has 0 N–H and O–H groups in total. The van der Waals surface area contributed by atoms with Crippen molar-refractivity contribution in [3.8, 4) is 11.5 Å². The smallest absolute Gasteiger partial charge is 0.255 e. The zero-order valence-corrected chi connectivity index (χ0v) is 9.45. The number of aromatic nitrogens is 2. The number of aryl methyl sites for hydroxylation is 1. The van der Waals surface area contributed by atoms with Gasteiger partial charge in [0.2, 0.25) is 23.6 Å². The highest BCUT2D eigenvalue weighted by Gasteiger charge is 2.23. The second kappa shape index (κ2) is 4.71. The normalized spacial score (nSPS) is 10.6. The van der Waals surface area contributed by atoms with Gasteiger partial charge in [-0.15, -0.1) is 0 Å². The van der Waals surface area contributed by atoms with Crippen LogP contribution < -0.4 is 9.47 Å². The lowest BCUT2D eigenvalue weighted by molar-refractivity contribution is -0.612. The fraction of sp³-hybridized carbons (Fsp3) is 0.0909. The number of halogens is 4. The van der Waals surface area contributed by atoms with E-state index in [9.17, 15) is 22.8 Å². The van der Waals surface area contributed by atoms with E-state index in [2.05, 4.69) is 9.72 Å². The molecular weight excluding hydrogens is 268 g/mol. The number of nitrogens with zero attached hydrogens (tertiary/aromatic N) is 2. The van der Waals surface area contributed by atoms with Crippen molar-refractivity contribution in [3.05, 3.63) is 52.8 Å². The van der Waals surface area contributed by atoms with Gasteiger partial charge in [0.15, 0.2) is 11.4 Å². The van der Waals surface area contributed by atoms with E-state index >= 15 is 0 Å². The molecule has 0 radical (unpaired) electrons. The summed E-state index contributed by atoms with van der Waals surface area (Å²) in [6, 6.07) is 2.53. The van der Waals surface area contributed by atoms with E-state index < -0.39 is 29.3 Å². The van der Waals surface area contributed by atoms with Crippen molar-refractivity contribution in [2.24, 2.45) is 0 Å². The van der Waals surface area contributed by atoms with E-state index in [0.717, 1.165) is 6.20 Å². The number of hydrogen-bond donors (Lipinski definition) is 0. The third kappa shape index (κ3) is 2.42. The Bertz CT molecular complexity index is 623. The fourth-order valence-electron chi connectivity index (χ4n) is 1.27. The minimum absolute atomic E-state index is 0.275. The van der Waals surface area contributed by atoms with Gasteiger partial charge in [0.05, 0.1) is 0 Å². The largest absolute Gasteiger partial charge is 0.618 e. The molecule has 0 aliphatic rings. The lowest BCUT2D eigenvalue weighted by Gasteiger charge is -2.08. The van der Waals surface area contributed by atoms with E-state index in [4.69, 9.17) is 0 Å². The van der Waals surface area contributed by atoms with E-state index in [0.29, 0.717) is 10.4 Å². The number of ether oxygens (including phenoxy) is 1. The maximum atomic E-state index is 13.3. The van der Waals surface area contributed by atoms with Crippen LogP contribution in [-0.2, 0) is 0 Å². The van der Waals surface area contributed by atoms with E-state index in [-0.39, 0.29) is 5.75 Å². The Hall–Kier alpha value is -2.38. The number of pyridine rings is 2. The Kier molecular flexibility index (Phi) is 3.24. The van der Waals surface area contributed by atoms with Crippen molar-refractivity contribution in [1.29, 1.82) is 0 Å². The summed E-state index contributed by atoms with van der Waals surface area (Å²) in [6.07, 6.45) is 0.866. The van der Waals surface area contributed by atoms with Crippen molar-refractivity contribution in [1.82, 2.24) is 4.98 Å². The quantitative estimate of drug-likeness (QED) is 0.365. The maximum Gasteiger partial charge on any atom is 0.255 e. The van der Waals surface area contributed by atoms with Crippen molar-refractivity contribution < 1.29 is 27.0 Å². The minimum Gasteiger partial charge on any atom is -0.618 e. The van der Waals surface area contributed by atoms with Gasteiger partial charge >= 0.3 is 0 Å². The summed E-state index contributed by atoms with van der Waals surface area (Å²) >= 11 is 0. The number of rotatable bonds is 2. The van der Waals surface area contributed by atoms with Gasteiger partial charge in [-0.1, -0.05) is 0 Å². The lowest BCUT2D eigenvalue weighted by Crippen LogP contribution is -2.29. The summed E-state index contributed by atoms with van der Waals surface area (Å²) in [4.78, 5) is 2.38. The SMILES string of the molecule is Cc1ccc(Oc2c(F)c(F)nc(F)c2F)c[n+]1[O-]. The molecule has 0 atom stereocenters. The molecule has 0 amide bonds. The average molecular weight is 274 g/mol. The third-order valence-corrected chi connectivity index (χ3v) is 2.26. The molecule has 0 aliphatic carbocycles. The first kappa shape index (κ1) is 13.1. The van der Waals surface area contributed by atoms with Gasteiger partial charge in [0, 0.05) is 13.0 Å². The Morgan fingerprint density at radius 1 is 1.11 bits per heavy atom. The fourth-order valence-corrected chi connectivity index (χ4v) is 1.27. The zero-order valence-electron chi connectivity index (χ0n) is 9.45. The molecule has 0 bridgehead atoms. The standard InChI is InChI=1S/C11H6F4N2O2/c1-5-2-3-6(4-17(5)18)19-9-7(12)10(14)16-11(15)8(9)13/h2-4H,1H3. The van der Waals surface area contributed by atoms with Gasteiger partial charge in [-0.2, -0.15) is 27.3 Å². The van der Waals surface area contributed by atoms with Crippen LogP contribution in [0.4, 0.5) is 17.6 Å². The predicted octanol–water partition coefficient (Wildman–Crippen LogP) is 2.37. The Morgan fingerprint density at radius 3 is 2.21 bits per heavy atom. The van der Waals surface area contributed by atoms with Gasteiger partial charge in [-0.25, -0.2) is 0 Å². The van der Waals surface area contributed by atoms with Crippen LogP contribution in [0.3, 0.4) is 0 Å². The summed E-state index contributed by atoms with van der Waals surface area (Å²) in [7, 11) is 0. The second-order valence-corrected chi connectivity index (χ2v) is 3.58. The summed E-state index contributed by atoms with van der Waals surface area (Å²) in [5, 5.41) is 11.2. The van der Waals surface area contributed by atoms with Crippen molar-refractivity contribution >= 4 is 0 Å². The first-order valence-electron chi connectivity index (χ1n) is 4.98. The van der Waals surface area contributed by atoms with Crippen LogP contribution >= 0.6 is 0 Å². The molecule has 0 aliphatic heterocycles. The van der Waals surface area contributed by atoms with E-state index in [1.165, 1.54) is 19.1 Å². The van der Waals surface area contributed by atoms with E-state index in [1.807, 2.05) is 0 Å². The molecule has 0 aromatic carbocycles. The third-order valence-electron chi connectivity index (χ3n) is 2.26. The molecule has 2 aromatic heterocycles. The van der Waals surface area contributed by atoms with Gasteiger partial charge in [0.1, 0.15) is 0 Å². The second-order valence-electron chi connectivity index (χ2n) is 3.58. The first-order valence-corrected chi connectivity index (χ1v) is 4.98. The lowest BCUT2D eigenvalue weighted by atomic mass is 10.3. The molecule has 4 nitrogen and oxygen atoms in total. The maximum absolute atomic E-state index is 13.3. The van der Waals surface area contributed by atoms with Crippen LogP contribution in [-0.4, -0.2) is 4.98 Å². The number of hydrogen-bond acceptors (Lipinski definition) is 3. The van der Waals surface area contributed by atoms with Gasteiger partial charge in [-0.3, -0.25) is 0 Å². The van der Waals surface area contributed by atoms with Gasteiger partial charge < -0.3 is 9.94 Å². The monoisotopic (exact) mass is 274 g/mol. The summed E-state index contributed by atoms with van der Waals surface area (Å²) in [5.74, 6) is -8.81. The molecule has 100 valence electrons. The Labute approximate surface area is 104 Å². The summed E-state index contributed by atoms with van der Waals surface area (Å²) < 4.78 is 57.2. The molecule has 0 unspecified atom stereocenters. The van der Waals surface area contributed by atoms with Crippen molar-refractivity contribution in [2.75, 3.05) is 0 Å². The highest BCUT2D eigenvalue weighted by molar-refractivity contribution is 5.30. The van der Waals surface area contributed by atoms with Crippen molar-refractivity contribution in [2.45, 2.75) is 6.92 Å². The first-order chi connectivity index (χ1) is 8.90. The van der Waals surface area contributed by atoms with Crippen LogP contribution in [0.1, 0.15) is 5.69 Å². The molecule has 0 saturated carbocycles. The highest BCUT2D eigenvalue weighted by Crippen LogP contribution is 2.28. The molecule has 2 heterocycles. The molecule has 2 aromatic rings. The van der Waals surface area contributed by atoms with E-state index in [1.54, 1.807) is 0 Å². The molecule has 0 saturated heterocycles. The van der Waals surface area contributed by atoms with Gasteiger partial charge in [-0.05, 0) is 6.07 Å². The van der Waals surface area contributed by atoms with Crippen LogP contribution in [0.25, 0.3) is 0 Å². The van der Waals surface area contributed by atoms with Crippen LogP contribution in [0.15, 0.2) is 18.3 Å². The summed E-state index contributed by atoms with van der Waals surface area (Å²) in [5.41, 5.74) is 0.306. The molecule has 19 heavy (non-hydrogen) atoms. The molecule has 0 spiro atoms. The topological polar surface area (TPSA) is 49.1 Å². The average Bonchev–Trinajstić information content (AvgIpc) is 2.36. The molecule has 8 heteroatoms. The van der Waals surface area contributed by atoms with Crippen molar-refractivity contribution in [3.63, 3.8) is 0 Å². The summed E-state index contributed by atoms with van der Waals surface area (Å²) in [6.45, 7) is 1.49. The molecular formula is C11H6F4N2O2. The minimum atomic E-state index is -1.84. The van der Waals surface area contributed by atoms with Crippen LogP contribution in [0.5, 0.6) is 11.5 Å². The highest BCUT2D eigenvalue weighted by atomic mass is 19.2. The Balaban J connectivity index is 2.46. The van der Waals surface area contributed by atoms with Crippen LogP contribution in [0, 0.1) is 35.7 Å².